The summed E-state index contributed by atoms with van der Waals surface area (Å²) >= 11 is 0. The Morgan fingerprint density at radius 3 is 1.83 bits per heavy atom. The summed E-state index contributed by atoms with van der Waals surface area (Å²) < 4.78 is 0. The minimum Gasteiger partial charge on any atom is -0.382 e. The molecule has 0 saturated heterocycles. The van der Waals surface area contributed by atoms with Crippen LogP contribution >= 0.6 is 0 Å². The highest BCUT2D eigenvalue weighted by molar-refractivity contribution is 6.21. The Kier molecular flexibility index (Phi) is 14.2. The third-order valence-corrected chi connectivity index (χ3v) is 5.80. The molecule has 0 atom stereocenters. The van der Waals surface area contributed by atoms with Gasteiger partial charge in [0.25, 0.3) is 0 Å². The maximum atomic E-state index is 12.1. The van der Waals surface area contributed by atoms with E-state index in [1.54, 1.807) is 13.8 Å². The molecule has 1 aliphatic carbocycles. The zero-order valence-electron chi connectivity index (χ0n) is 19.2. The van der Waals surface area contributed by atoms with Crippen molar-refractivity contribution in [3.05, 3.63) is 35.1 Å². The topological polar surface area (TPSA) is 46.2 Å². The second-order valence-electron chi connectivity index (χ2n) is 8.37. The van der Waals surface area contributed by atoms with Crippen LogP contribution < -0.4 is 5.32 Å². The van der Waals surface area contributed by atoms with Gasteiger partial charge in [-0.3, -0.25) is 9.59 Å². The van der Waals surface area contributed by atoms with E-state index < -0.39 is 0 Å². The first-order chi connectivity index (χ1) is 14.1. The summed E-state index contributed by atoms with van der Waals surface area (Å²) in [4.78, 5) is 23.9. The molecule has 0 aromatic rings. The van der Waals surface area contributed by atoms with Crippen LogP contribution in [0.2, 0.25) is 0 Å². The zero-order chi connectivity index (χ0) is 21.3. The van der Waals surface area contributed by atoms with Crippen LogP contribution in [0.3, 0.4) is 0 Å². The lowest BCUT2D eigenvalue weighted by atomic mass is 9.95. The molecule has 0 heterocycles. The average Bonchev–Trinajstić information content (AvgIpc) is 2.72. The Labute approximate surface area is 179 Å². The van der Waals surface area contributed by atoms with Crippen molar-refractivity contribution in [2.24, 2.45) is 0 Å². The minimum atomic E-state index is -0.0503. The van der Waals surface area contributed by atoms with Crippen LogP contribution in [0, 0.1) is 0 Å². The number of unbranched alkanes of at least 4 members (excludes halogenated alkanes) is 12. The molecular formula is C26H43NO2. The van der Waals surface area contributed by atoms with Crippen LogP contribution in [0.4, 0.5) is 0 Å². The second kappa shape index (κ2) is 16.2. The van der Waals surface area contributed by atoms with Crippen molar-refractivity contribution in [3.8, 4) is 0 Å². The fourth-order valence-electron chi connectivity index (χ4n) is 3.59. The summed E-state index contributed by atoms with van der Waals surface area (Å²) in [6.45, 7) is 6.48. The van der Waals surface area contributed by atoms with E-state index in [0.29, 0.717) is 16.8 Å². The Morgan fingerprint density at radius 1 is 0.724 bits per heavy atom. The number of allylic oxidation sites excluding steroid dienone is 5. The predicted molar refractivity (Wildman–Crippen MR) is 124 cm³/mol. The number of carbonyl (C=O) groups is 2. The van der Waals surface area contributed by atoms with E-state index in [1.165, 1.54) is 89.5 Å². The van der Waals surface area contributed by atoms with E-state index in [4.69, 9.17) is 0 Å². The number of hydrogen-bond acceptors (Lipinski definition) is 3. The lowest BCUT2D eigenvalue weighted by molar-refractivity contribution is -0.116. The molecule has 0 spiro atoms. The molecule has 0 aliphatic heterocycles. The van der Waals surface area contributed by atoms with E-state index in [1.807, 2.05) is 0 Å². The van der Waals surface area contributed by atoms with Crippen molar-refractivity contribution in [2.75, 3.05) is 6.54 Å². The highest BCUT2D eigenvalue weighted by Gasteiger charge is 2.22. The molecule has 1 rings (SSSR count). The molecule has 0 radical (unpaired) electrons. The van der Waals surface area contributed by atoms with Gasteiger partial charge in [-0.1, -0.05) is 76.9 Å². The van der Waals surface area contributed by atoms with Gasteiger partial charge in [0.15, 0.2) is 5.78 Å². The van der Waals surface area contributed by atoms with Crippen molar-refractivity contribution in [2.45, 2.75) is 111 Å². The molecule has 0 saturated carbocycles. The minimum absolute atomic E-state index is 0.0355. The first-order valence-corrected chi connectivity index (χ1v) is 11.9. The van der Waals surface area contributed by atoms with E-state index in [9.17, 15) is 9.59 Å². The summed E-state index contributed by atoms with van der Waals surface area (Å²) in [5.41, 5.74) is 1.60. The monoisotopic (exact) mass is 401 g/mol. The lowest BCUT2D eigenvalue weighted by Crippen LogP contribution is -2.27. The maximum absolute atomic E-state index is 12.1. The SMILES string of the molecule is CCCCCCCC/C=C/CCCCCCCCNC1=CC(=O)C(C)=C(C)C1=O. The molecule has 29 heavy (non-hydrogen) atoms. The number of hydrogen-bond donors (Lipinski definition) is 1. The Balaban J connectivity index is 1.91. The average molecular weight is 402 g/mol. The van der Waals surface area contributed by atoms with E-state index >= 15 is 0 Å². The van der Waals surface area contributed by atoms with Crippen LogP contribution in [-0.4, -0.2) is 18.1 Å². The molecule has 0 bridgehead atoms. The third-order valence-electron chi connectivity index (χ3n) is 5.80. The van der Waals surface area contributed by atoms with Crippen molar-refractivity contribution in [3.63, 3.8) is 0 Å². The van der Waals surface area contributed by atoms with Crippen LogP contribution in [0.15, 0.2) is 35.1 Å². The smallest absolute Gasteiger partial charge is 0.205 e. The number of ketones is 2. The van der Waals surface area contributed by atoms with Crippen LogP contribution in [0.1, 0.15) is 111 Å². The molecule has 0 fully saturated rings. The lowest BCUT2D eigenvalue weighted by Gasteiger charge is -2.15. The fraction of sp³-hybridized carbons (Fsp3) is 0.692. The van der Waals surface area contributed by atoms with Gasteiger partial charge < -0.3 is 5.32 Å². The first kappa shape index (κ1) is 25.4. The van der Waals surface area contributed by atoms with Gasteiger partial charge >= 0.3 is 0 Å². The predicted octanol–water partition coefficient (Wildman–Crippen LogP) is 6.99. The summed E-state index contributed by atoms with van der Waals surface area (Å²) in [5.74, 6) is -0.0859. The van der Waals surface area contributed by atoms with Gasteiger partial charge in [-0.05, 0) is 46.0 Å². The summed E-state index contributed by atoms with van der Waals surface area (Å²) in [7, 11) is 0. The maximum Gasteiger partial charge on any atom is 0.205 e. The van der Waals surface area contributed by atoms with Gasteiger partial charge in [-0.25, -0.2) is 0 Å². The molecule has 0 unspecified atom stereocenters. The largest absolute Gasteiger partial charge is 0.382 e. The normalized spacial score (nSPS) is 14.8. The molecule has 0 amide bonds. The van der Waals surface area contributed by atoms with Gasteiger partial charge in [0.2, 0.25) is 5.78 Å². The fourth-order valence-corrected chi connectivity index (χ4v) is 3.59. The van der Waals surface area contributed by atoms with Gasteiger partial charge in [0.1, 0.15) is 0 Å². The van der Waals surface area contributed by atoms with E-state index in [2.05, 4.69) is 24.4 Å². The molecule has 164 valence electrons. The Hall–Kier alpha value is -1.64. The van der Waals surface area contributed by atoms with Crippen molar-refractivity contribution in [1.29, 1.82) is 0 Å². The van der Waals surface area contributed by atoms with Crippen LogP contribution in [0.25, 0.3) is 0 Å². The van der Waals surface area contributed by atoms with Crippen molar-refractivity contribution >= 4 is 11.6 Å². The van der Waals surface area contributed by atoms with Gasteiger partial charge in [-0.2, -0.15) is 0 Å². The quantitative estimate of drug-likeness (QED) is 0.162. The molecule has 0 aromatic carbocycles. The molecule has 1 N–H and O–H groups in total. The molecule has 0 aromatic heterocycles. The molecule has 3 heteroatoms. The Bertz CT molecular complexity index is 584. The Morgan fingerprint density at radius 2 is 1.24 bits per heavy atom. The number of carbonyl (C=O) groups excluding carboxylic acids is 2. The molecule has 3 nitrogen and oxygen atoms in total. The van der Waals surface area contributed by atoms with Crippen molar-refractivity contribution < 1.29 is 9.59 Å². The van der Waals surface area contributed by atoms with Crippen molar-refractivity contribution in [1.82, 2.24) is 5.32 Å². The van der Waals surface area contributed by atoms with Crippen LogP contribution in [-0.2, 0) is 9.59 Å². The molecular weight excluding hydrogens is 358 g/mol. The number of rotatable bonds is 17. The van der Waals surface area contributed by atoms with Gasteiger partial charge in [0.05, 0.1) is 5.70 Å². The van der Waals surface area contributed by atoms with Gasteiger partial charge in [-0.15, -0.1) is 0 Å². The third kappa shape index (κ3) is 11.2. The highest BCUT2D eigenvalue weighted by Crippen LogP contribution is 2.17. The van der Waals surface area contributed by atoms with Crippen LogP contribution in [0.5, 0.6) is 0 Å². The van der Waals surface area contributed by atoms with E-state index in [-0.39, 0.29) is 11.6 Å². The summed E-state index contributed by atoms with van der Waals surface area (Å²) in [5, 5.41) is 3.15. The first-order valence-electron chi connectivity index (χ1n) is 11.9. The van der Waals surface area contributed by atoms with E-state index in [0.717, 1.165) is 13.0 Å². The highest BCUT2D eigenvalue weighted by atomic mass is 16.1. The van der Waals surface area contributed by atoms with Gasteiger partial charge in [0, 0.05) is 23.8 Å². The zero-order valence-corrected chi connectivity index (χ0v) is 19.2. The number of Topliss-reactive ketones (excluding diaryl/α,β-unsaturated/α-hetero) is 1. The summed E-state index contributed by atoms with van der Waals surface area (Å²) in [6.07, 6.45) is 24.2. The second-order valence-corrected chi connectivity index (χ2v) is 8.37. The molecule has 1 aliphatic rings. The standard InChI is InChI=1S/C26H43NO2/c1-4-5-6-7-8-9-10-11-12-13-14-15-16-17-18-19-20-27-24-21-25(28)22(2)23(3)26(24)29/h11-12,21,27H,4-10,13-20H2,1-3H3/b12-11+. The number of nitrogens with one attached hydrogen (secondary N) is 1. The summed E-state index contributed by atoms with van der Waals surface area (Å²) in [6, 6.07) is 0.